The lowest BCUT2D eigenvalue weighted by Crippen LogP contribution is -2.32. The van der Waals surface area contributed by atoms with Gasteiger partial charge in [-0.2, -0.15) is 0 Å². The van der Waals surface area contributed by atoms with Crippen LogP contribution in [0.15, 0.2) is 59.3 Å². The van der Waals surface area contributed by atoms with Gasteiger partial charge in [-0.15, -0.1) is 10.2 Å². The summed E-state index contributed by atoms with van der Waals surface area (Å²) in [5.74, 6) is 6.95. The minimum Gasteiger partial charge on any atom is -0.355 e. The van der Waals surface area contributed by atoms with E-state index in [0.717, 1.165) is 18.4 Å². The Kier molecular flexibility index (Phi) is 6.92. The minimum absolute atomic E-state index is 0.0000119. The third-order valence-electron chi connectivity index (χ3n) is 5.75. The summed E-state index contributed by atoms with van der Waals surface area (Å²) in [4.78, 5) is 12.5. The molecular formula is C24H29N5OS. The molecule has 0 saturated carbocycles. The van der Waals surface area contributed by atoms with Crippen LogP contribution in [0.5, 0.6) is 0 Å². The number of carbonyl (C=O) groups is 1. The average molecular weight is 436 g/mol. The summed E-state index contributed by atoms with van der Waals surface area (Å²) in [6.45, 7) is 2.55. The van der Waals surface area contributed by atoms with Crippen LogP contribution in [-0.4, -0.2) is 32.6 Å². The molecule has 0 fully saturated rings. The number of benzene rings is 2. The van der Waals surface area contributed by atoms with Gasteiger partial charge >= 0.3 is 0 Å². The fourth-order valence-electron chi connectivity index (χ4n) is 3.96. The number of rotatable bonds is 8. The lowest BCUT2D eigenvalue weighted by molar-refractivity contribution is -0.120. The molecule has 4 rings (SSSR count). The van der Waals surface area contributed by atoms with Crippen molar-refractivity contribution in [1.82, 2.24) is 20.2 Å². The molecule has 1 aliphatic carbocycles. The summed E-state index contributed by atoms with van der Waals surface area (Å²) in [5.41, 5.74) is 2.61. The van der Waals surface area contributed by atoms with Crippen molar-refractivity contribution in [3.63, 3.8) is 0 Å². The maximum atomic E-state index is 12.5. The highest BCUT2D eigenvalue weighted by Crippen LogP contribution is 2.24. The Labute approximate surface area is 187 Å². The van der Waals surface area contributed by atoms with Crippen LogP contribution in [0.25, 0.3) is 10.8 Å². The van der Waals surface area contributed by atoms with Gasteiger partial charge in [0, 0.05) is 13.0 Å². The van der Waals surface area contributed by atoms with E-state index in [1.807, 2.05) is 25.1 Å². The predicted octanol–water partition coefficient (Wildman–Crippen LogP) is 4.22. The molecule has 1 aliphatic rings. The van der Waals surface area contributed by atoms with E-state index in [4.69, 9.17) is 5.84 Å². The van der Waals surface area contributed by atoms with Crippen molar-refractivity contribution in [3.8, 4) is 0 Å². The third kappa shape index (κ3) is 5.28. The van der Waals surface area contributed by atoms with Crippen LogP contribution < -0.4 is 11.2 Å². The summed E-state index contributed by atoms with van der Waals surface area (Å²) >= 11 is 1.34. The molecule has 6 nitrogen and oxygen atoms in total. The Morgan fingerprint density at radius 3 is 2.87 bits per heavy atom. The van der Waals surface area contributed by atoms with E-state index >= 15 is 0 Å². The highest BCUT2D eigenvalue weighted by molar-refractivity contribution is 8.00. The fraction of sp³-hybridized carbons (Fsp3) is 0.375. The fourth-order valence-corrected chi connectivity index (χ4v) is 4.77. The van der Waals surface area contributed by atoms with Crippen molar-refractivity contribution in [2.45, 2.75) is 55.9 Å². The van der Waals surface area contributed by atoms with Crippen LogP contribution in [0.3, 0.4) is 0 Å². The van der Waals surface area contributed by atoms with Crippen LogP contribution in [0, 0.1) is 0 Å². The zero-order valence-electron chi connectivity index (χ0n) is 17.9. The molecule has 1 aromatic heterocycles. The van der Waals surface area contributed by atoms with E-state index in [1.54, 1.807) is 0 Å². The molecule has 7 heteroatoms. The van der Waals surface area contributed by atoms with E-state index in [-0.39, 0.29) is 11.2 Å². The number of carbonyl (C=O) groups excluding carboxylic acids is 1. The quantitative estimate of drug-likeness (QED) is 0.314. The van der Waals surface area contributed by atoms with Gasteiger partial charge in [-0.25, -0.2) is 4.68 Å². The van der Waals surface area contributed by atoms with Gasteiger partial charge in [-0.3, -0.25) is 4.79 Å². The van der Waals surface area contributed by atoms with Gasteiger partial charge in [-0.05, 0) is 55.4 Å². The second kappa shape index (κ2) is 10.0. The Hall–Kier alpha value is -2.80. The number of hydrogen-bond donors (Lipinski definition) is 2. The van der Waals surface area contributed by atoms with Crippen LogP contribution in [0.1, 0.15) is 50.4 Å². The molecule has 0 spiro atoms. The molecule has 0 saturated heterocycles. The summed E-state index contributed by atoms with van der Waals surface area (Å²) < 4.78 is 1.50. The van der Waals surface area contributed by atoms with E-state index in [0.29, 0.717) is 23.9 Å². The normalized spacial score (nSPS) is 14.9. The van der Waals surface area contributed by atoms with Crippen molar-refractivity contribution in [1.29, 1.82) is 0 Å². The van der Waals surface area contributed by atoms with Crippen LogP contribution in [0.4, 0.5) is 0 Å². The SMILES string of the molecule is C[C@@H](Sc1nnc(Cc2cccc3ccccc23)n1N)C(=O)NCCC1=CCCCC1. The van der Waals surface area contributed by atoms with Crippen molar-refractivity contribution in [2.75, 3.05) is 12.4 Å². The van der Waals surface area contributed by atoms with Crippen LogP contribution in [-0.2, 0) is 11.2 Å². The highest BCUT2D eigenvalue weighted by Gasteiger charge is 2.19. The average Bonchev–Trinajstić information content (AvgIpc) is 3.13. The zero-order chi connectivity index (χ0) is 21.6. The van der Waals surface area contributed by atoms with Gasteiger partial charge in [0.2, 0.25) is 11.1 Å². The lowest BCUT2D eigenvalue weighted by atomic mass is 9.97. The Morgan fingerprint density at radius 1 is 1.19 bits per heavy atom. The first-order valence-corrected chi connectivity index (χ1v) is 11.8. The number of hydrogen-bond acceptors (Lipinski definition) is 5. The van der Waals surface area contributed by atoms with Gasteiger partial charge in [0.05, 0.1) is 5.25 Å². The van der Waals surface area contributed by atoms with Crippen molar-refractivity contribution in [2.24, 2.45) is 0 Å². The molecular weight excluding hydrogens is 406 g/mol. The topological polar surface area (TPSA) is 85.8 Å². The summed E-state index contributed by atoms with van der Waals surface area (Å²) in [7, 11) is 0. The molecule has 1 heterocycles. The number of thioether (sulfide) groups is 1. The monoisotopic (exact) mass is 435 g/mol. The second-order valence-electron chi connectivity index (χ2n) is 7.99. The molecule has 1 amide bonds. The second-order valence-corrected chi connectivity index (χ2v) is 9.30. The molecule has 3 aromatic rings. The smallest absolute Gasteiger partial charge is 0.233 e. The first-order chi connectivity index (χ1) is 15.1. The summed E-state index contributed by atoms with van der Waals surface area (Å²) in [5, 5.41) is 14.2. The lowest BCUT2D eigenvalue weighted by Gasteiger charge is -2.14. The van der Waals surface area contributed by atoms with Gasteiger partial charge in [0.1, 0.15) is 0 Å². The maximum absolute atomic E-state index is 12.5. The number of nitrogens with zero attached hydrogens (tertiary/aromatic N) is 3. The first kappa shape index (κ1) is 21.4. The summed E-state index contributed by atoms with van der Waals surface area (Å²) in [6, 6.07) is 14.5. The number of allylic oxidation sites excluding steroid dienone is 1. The van der Waals surface area contributed by atoms with Crippen molar-refractivity contribution in [3.05, 3.63) is 65.5 Å². The van der Waals surface area contributed by atoms with Gasteiger partial charge in [0.25, 0.3) is 0 Å². The van der Waals surface area contributed by atoms with Gasteiger partial charge in [0.15, 0.2) is 5.82 Å². The van der Waals surface area contributed by atoms with Gasteiger partial charge < -0.3 is 11.2 Å². The molecule has 0 bridgehead atoms. The molecule has 3 N–H and O–H groups in total. The standard InChI is InChI=1S/C24H29N5OS/c1-17(23(30)26-15-14-18-8-3-2-4-9-18)31-24-28-27-22(29(24)25)16-20-12-7-11-19-10-5-6-13-21(19)20/h5-8,10-13,17H,2-4,9,14-16,25H2,1H3,(H,26,30)/t17-/m1/s1. The molecule has 0 unspecified atom stereocenters. The molecule has 0 aliphatic heterocycles. The predicted molar refractivity (Wildman–Crippen MR) is 126 cm³/mol. The number of amides is 1. The molecule has 162 valence electrons. The van der Waals surface area contributed by atoms with Crippen molar-refractivity contribution >= 4 is 28.4 Å². The number of fused-ring (bicyclic) bond motifs is 1. The third-order valence-corrected chi connectivity index (χ3v) is 6.80. The molecule has 1 atom stereocenters. The molecule has 2 aromatic carbocycles. The van der Waals surface area contributed by atoms with E-state index < -0.39 is 0 Å². The Bertz CT molecular complexity index is 1090. The number of aromatic nitrogens is 3. The number of nitrogens with two attached hydrogens (primary N) is 1. The van der Waals surface area contributed by atoms with Crippen molar-refractivity contribution < 1.29 is 4.79 Å². The molecule has 31 heavy (non-hydrogen) atoms. The van der Waals surface area contributed by atoms with Gasteiger partial charge in [-0.1, -0.05) is 65.9 Å². The first-order valence-electron chi connectivity index (χ1n) is 10.9. The van der Waals surface area contributed by atoms with Crippen LogP contribution >= 0.6 is 11.8 Å². The maximum Gasteiger partial charge on any atom is 0.233 e. The zero-order valence-corrected chi connectivity index (χ0v) is 18.7. The minimum atomic E-state index is -0.294. The number of nitrogens with one attached hydrogen (secondary N) is 1. The van der Waals surface area contributed by atoms with E-state index in [2.05, 4.69) is 45.9 Å². The van der Waals surface area contributed by atoms with E-state index in [9.17, 15) is 4.79 Å². The Balaban J connectivity index is 1.35. The Morgan fingerprint density at radius 2 is 2.03 bits per heavy atom. The van der Waals surface area contributed by atoms with Crippen LogP contribution in [0.2, 0.25) is 0 Å². The van der Waals surface area contributed by atoms with E-state index in [1.165, 1.54) is 52.0 Å². The molecule has 0 radical (unpaired) electrons. The number of nitrogen functional groups attached to an aromatic ring is 1. The summed E-state index contributed by atoms with van der Waals surface area (Å²) in [6.07, 6.45) is 8.72. The highest BCUT2D eigenvalue weighted by atomic mass is 32.2. The largest absolute Gasteiger partial charge is 0.355 e.